The van der Waals surface area contributed by atoms with Crippen molar-refractivity contribution in [3.8, 4) is 0 Å². The first-order valence-electron chi connectivity index (χ1n) is 6.36. The number of piperazine rings is 1. The topological polar surface area (TPSA) is 28.2 Å². The predicted molar refractivity (Wildman–Crippen MR) is 80.8 cm³/mol. The van der Waals surface area contributed by atoms with E-state index in [0.717, 1.165) is 26.2 Å². The van der Waals surface area contributed by atoms with Crippen LogP contribution < -0.4 is 5.32 Å². The Hall–Kier alpha value is -0.160. The van der Waals surface area contributed by atoms with Crippen LogP contribution in [0.5, 0.6) is 0 Å². The monoisotopic (exact) mass is 289 g/mol. The van der Waals surface area contributed by atoms with Gasteiger partial charge >= 0.3 is 0 Å². The molecule has 0 spiro atoms. The van der Waals surface area contributed by atoms with Crippen molar-refractivity contribution in [2.24, 2.45) is 0 Å². The average molecular weight is 290 g/mol. The molecule has 1 atom stereocenters. The summed E-state index contributed by atoms with van der Waals surface area (Å²) < 4.78 is 0. The van der Waals surface area contributed by atoms with E-state index < -0.39 is 0 Å². The zero-order chi connectivity index (χ0) is 12.5. The van der Waals surface area contributed by atoms with E-state index >= 15 is 0 Å². The highest BCUT2D eigenvalue weighted by Gasteiger charge is 2.20. The van der Waals surface area contributed by atoms with Gasteiger partial charge < -0.3 is 5.32 Å². The molecule has 104 valence electrons. The van der Waals surface area contributed by atoms with Crippen LogP contribution in [0.4, 0.5) is 0 Å². The highest BCUT2D eigenvalue weighted by atomic mass is 35.5. The molecule has 0 aromatic carbocycles. The van der Waals surface area contributed by atoms with Gasteiger partial charge in [0.2, 0.25) is 0 Å². The summed E-state index contributed by atoms with van der Waals surface area (Å²) in [5.74, 6) is 0. The van der Waals surface area contributed by atoms with Crippen LogP contribution in [0, 0.1) is 0 Å². The zero-order valence-corrected chi connectivity index (χ0v) is 13.3. The maximum absolute atomic E-state index is 4.76. The van der Waals surface area contributed by atoms with Crippen molar-refractivity contribution in [3.05, 3.63) is 16.1 Å². The van der Waals surface area contributed by atoms with Crippen LogP contribution in [-0.4, -0.2) is 35.6 Å². The lowest BCUT2D eigenvalue weighted by Crippen LogP contribution is -2.48. The van der Waals surface area contributed by atoms with Crippen LogP contribution in [-0.2, 0) is 12.0 Å². The van der Waals surface area contributed by atoms with Crippen molar-refractivity contribution >= 4 is 23.7 Å². The lowest BCUT2D eigenvalue weighted by molar-refractivity contribution is 0.199. The Morgan fingerprint density at radius 1 is 1.50 bits per heavy atom. The first-order valence-corrected chi connectivity index (χ1v) is 7.24. The minimum Gasteiger partial charge on any atom is -0.312 e. The molecule has 0 radical (unpaired) electrons. The molecule has 1 aliphatic rings. The molecular weight excluding hydrogens is 266 g/mol. The fourth-order valence-corrected chi connectivity index (χ4v) is 3.14. The van der Waals surface area contributed by atoms with Crippen molar-refractivity contribution in [2.45, 2.75) is 45.7 Å². The van der Waals surface area contributed by atoms with Gasteiger partial charge in [-0.15, -0.1) is 23.7 Å². The van der Waals surface area contributed by atoms with E-state index in [2.05, 4.69) is 43.3 Å². The summed E-state index contributed by atoms with van der Waals surface area (Å²) in [6.07, 6.45) is 0. The largest absolute Gasteiger partial charge is 0.312 e. The number of hydrogen-bond acceptors (Lipinski definition) is 4. The maximum atomic E-state index is 4.76. The Balaban J connectivity index is 0.00000162. The Morgan fingerprint density at radius 2 is 2.22 bits per heavy atom. The molecule has 0 bridgehead atoms. The normalized spacial score (nSPS) is 21.7. The molecule has 0 saturated carbocycles. The molecule has 5 heteroatoms. The molecule has 2 heterocycles. The summed E-state index contributed by atoms with van der Waals surface area (Å²) in [5.41, 5.74) is 1.39. The molecule has 0 aliphatic carbocycles. The maximum Gasteiger partial charge on any atom is 0.107 e. The number of hydrogen-bond donors (Lipinski definition) is 1. The number of aromatic nitrogens is 1. The van der Waals surface area contributed by atoms with Crippen molar-refractivity contribution in [1.82, 2.24) is 15.2 Å². The van der Waals surface area contributed by atoms with Gasteiger partial charge in [-0.2, -0.15) is 0 Å². The molecule has 1 saturated heterocycles. The second kappa shape index (κ2) is 6.33. The molecule has 1 aromatic rings. The van der Waals surface area contributed by atoms with E-state index in [-0.39, 0.29) is 17.8 Å². The SMILES string of the molecule is C[C@@H]1CN(Cc2nc(C(C)(C)C)cs2)CCN1.Cl. The molecule has 1 aliphatic heterocycles. The number of halogens is 1. The fraction of sp³-hybridized carbons (Fsp3) is 0.769. The smallest absolute Gasteiger partial charge is 0.107 e. The molecule has 1 aromatic heterocycles. The van der Waals surface area contributed by atoms with Gasteiger partial charge in [-0.25, -0.2) is 4.98 Å². The van der Waals surface area contributed by atoms with Crippen LogP contribution in [0.2, 0.25) is 0 Å². The molecule has 0 unspecified atom stereocenters. The molecular formula is C13H24ClN3S. The molecule has 18 heavy (non-hydrogen) atoms. The minimum absolute atomic E-state index is 0. The third kappa shape index (κ3) is 4.19. The summed E-state index contributed by atoms with van der Waals surface area (Å²) >= 11 is 1.80. The first-order chi connectivity index (χ1) is 7.95. The van der Waals surface area contributed by atoms with Crippen LogP contribution in [0.1, 0.15) is 38.4 Å². The summed E-state index contributed by atoms with van der Waals surface area (Å²) in [4.78, 5) is 7.25. The van der Waals surface area contributed by atoms with Gasteiger partial charge in [0.25, 0.3) is 0 Å². The van der Waals surface area contributed by atoms with Crippen molar-refractivity contribution in [1.29, 1.82) is 0 Å². The van der Waals surface area contributed by atoms with Crippen molar-refractivity contribution < 1.29 is 0 Å². The summed E-state index contributed by atoms with van der Waals surface area (Å²) in [6, 6.07) is 0.603. The van der Waals surface area contributed by atoms with Gasteiger partial charge in [-0.3, -0.25) is 4.90 Å². The van der Waals surface area contributed by atoms with Gasteiger partial charge in [-0.05, 0) is 6.92 Å². The van der Waals surface area contributed by atoms with Crippen LogP contribution in [0.3, 0.4) is 0 Å². The third-order valence-electron chi connectivity index (χ3n) is 3.13. The van der Waals surface area contributed by atoms with Crippen molar-refractivity contribution in [3.63, 3.8) is 0 Å². The molecule has 1 N–H and O–H groups in total. The third-order valence-corrected chi connectivity index (χ3v) is 3.97. The van der Waals surface area contributed by atoms with E-state index in [1.807, 2.05) is 0 Å². The Morgan fingerprint density at radius 3 is 2.78 bits per heavy atom. The highest BCUT2D eigenvalue weighted by molar-refractivity contribution is 7.09. The number of nitrogens with zero attached hydrogens (tertiary/aromatic N) is 2. The van der Waals surface area contributed by atoms with E-state index in [1.165, 1.54) is 10.7 Å². The summed E-state index contributed by atoms with van der Waals surface area (Å²) in [7, 11) is 0. The van der Waals surface area contributed by atoms with Crippen LogP contribution in [0.15, 0.2) is 5.38 Å². The van der Waals surface area contributed by atoms with Crippen LogP contribution in [0.25, 0.3) is 0 Å². The predicted octanol–water partition coefficient (Wildman–Crippen LogP) is 2.66. The first kappa shape index (κ1) is 15.9. The second-order valence-corrected chi connectivity index (χ2v) is 6.91. The van der Waals surface area contributed by atoms with Gasteiger partial charge in [0.05, 0.1) is 12.2 Å². The van der Waals surface area contributed by atoms with Gasteiger partial charge in [0.15, 0.2) is 0 Å². The Bertz CT molecular complexity index is 373. The van der Waals surface area contributed by atoms with E-state index in [0.29, 0.717) is 6.04 Å². The quantitative estimate of drug-likeness (QED) is 0.907. The molecule has 3 nitrogen and oxygen atoms in total. The van der Waals surface area contributed by atoms with Gasteiger partial charge in [0.1, 0.15) is 5.01 Å². The average Bonchev–Trinajstić information content (AvgIpc) is 2.65. The van der Waals surface area contributed by atoms with E-state index in [1.54, 1.807) is 11.3 Å². The summed E-state index contributed by atoms with van der Waals surface area (Å²) in [5, 5.41) is 6.93. The van der Waals surface area contributed by atoms with Gasteiger partial charge in [0, 0.05) is 36.5 Å². The second-order valence-electron chi connectivity index (χ2n) is 5.97. The Labute approximate surface area is 120 Å². The summed E-state index contributed by atoms with van der Waals surface area (Å²) in [6.45, 7) is 13.3. The number of rotatable bonds is 2. The molecule has 0 amide bonds. The highest BCUT2D eigenvalue weighted by Crippen LogP contribution is 2.24. The lowest BCUT2D eigenvalue weighted by Gasteiger charge is -2.31. The standard InChI is InChI=1S/C13H23N3S.ClH/c1-10-7-16(6-5-14-10)8-12-15-11(9-17-12)13(2,3)4;/h9-10,14H,5-8H2,1-4H3;1H/t10-;/m1./s1. The number of thiazole rings is 1. The lowest BCUT2D eigenvalue weighted by atomic mass is 9.93. The molecule has 2 rings (SSSR count). The minimum atomic E-state index is 0. The number of nitrogens with one attached hydrogen (secondary N) is 1. The Kier molecular flexibility index (Phi) is 5.59. The van der Waals surface area contributed by atoms with Crippen molar-refractivity contribution in [2.75, 3.05) is 19.6 Å². The van der Waals surface area contributed by atoms with E-state index in [4.69, 9.17) is 4.98 Å². The van der Waals surface area contributed by atoms with Gasteiger partial charge in [-0.1, -0.05) is 20.8 Å². The molecule has 1 fully saturated rings. The van der Waals surface area contributed by atoms with Crippen LogP contribution >= 0.6 is 23.7 Å². The zero-order valence-electron chi connectivity index (χ0n) is 11.7. The fourth-order valence-electron chi connectivity index (χ4n) is 2.08. The van der Waals surface area contributed by atoms with E-state index in [9.17, 15) is 0 Å².